The summed E-state index contributed by atoms with van der Waals surface area (Å²) in [5.41, 5.74) is 2.76. The van der Waals surface area contributed by atoms with Gasteiger partial charge in [0, 0.05) is 29.4 Å². The molecule has 1 atom stereocenters. The van der Waals surface area contributed by atoms with Crippen LogP contribution in [0, 0.1) is 0 Å². The molecule has 0 amide bonds. The van der Waals surface area contributed by atoms with Gasteiger partial charge in [-0.2, -0.15) is 0 Å². The molecule has 4 heteroatoms. The quantitative estimate of drug-likeness (QED) is 0.646. The van der Waals surface area contributed by atoms with Gasteiger partial charge in [-0.25, -0.2) is 0 Å². The van der Waals surface area contributed by atoms with Crippen molar-refractivity contribution in [3.63, 3.8) is 0 Å². The first kappa shape index (κ1) is 21.3. The lowest BCUT2D eigenvalue weighted by molar-refractivity contribution is -0.0809. The fourth-order valence-electron chi connectivity index (χ4n) is 4.37. The summed E-state index contributed by atoms with van der Waals surface area (Å²) >= 11 is 5.84. The van der Waals surface area contributed by atoms with Gasteiger partial charge in [0.05, 0.1) is 5.60 Å². The molecule has 1 spiro atoms. The number of benzene rings is 1. The summed E-state index contributed by atoms with van der Waals surface area (Å²) in [5, 5.41) is 4.10. The number of pyridine rings is 1. The molecule has 1 unspecified atom stereocenters. The summed E-state index contributed by atoms with van der Waals surface area (Å²) in [5.74, 6) is 0.619. The molecule has 28 heavy (non-hydrogen) atoms. The Morgan fingerprint density at radius 1 is 1.18 bits per heavy atom. The number of aromatic nitrogens is 1. The molecule has 1 aliphatic heterocycles. The summed E-state index contributed by atoms with van der Waals surface area (Å²) in [6, 6.07) is 14.3. The molecule has 2 aromatic rings. The molecule has 152 valence electrons. The summed E-state index contributed by atoms with van der Waals surface area (Å²) in [6.45, 7) is 5.08. The topological polar surface area (TPSA) is 34.1 Å². The molecule has 1 aromatic heterocycles. The Bertz CT molecular complexity index is 701. The van der Waals surface area contributed by atoms with Crippen molar-refractivity contribution in [1.82, 2.24) is 10.3 Å². The van der Waals surface area contributed by atoms with Crippen LogP contribution in [0.1, 0.15) is 62.6 Å². The van der Waals surface area contributed by atoms with Gasteiger partial charge in [0.2, 0.25) is 0 Å². The summed E-state index contributed by atoms with van der Waals surface area (Å²) in [6.07, 6.45) is 10.5. The first-order chi connectivity index (χ1) is 13.7. The number of ether oxygens (including phenoxy) is 1. The standard InChI is InChI=1S/C14H19NO.C10H14ClN/c1-4-9-15-13(5-1)12-6-10-16-14(11-12)7-2-3-8-14;1-2-12-7-6-9-4-3-5-10(11)8-9/h1,4-5,9,12H,2-3,6-8,10-11H2;3-5,8,12H,2,6-7H2,1H3. The lowest BCUT2D eigenvalue weighted by Gasteiger charge is -2.38. The van der Waals surface area contributed by atoms with Crippen LogP contribution in [0.2, 0.25) is 5.02 Å². The molecule has 2 aliphatic rings. The maximum absolute atomic E-state index is 6.05. The van der Waals surface area contributed by atoms with Crippen LogP contribution in [0.25, 0.3) is 0 Å². The Hall–Kier alpha value is -1.42. The zero-order valence-electron chi connectivity index (χ0n) is 17.0. The molecular formula is C24H33ClN2O. The normalized spacial score (nSPS) is 20.6. The maximum Gasteiger partial charge on any atom is 0.0689 e. The van der Waals surface area contributed by atoms with Crippen molar-refractivity contribution in [2.24, 2.45) is 0 Å². The van der Waals surface area contributed by atoms with Crippen LogP contribution in [-0.2, 0) is 11.2 Å². The van der Waals surface area contributed by atoms with Gasteiger partial charge < -0.3 is 10.1 Å². The van der Waals surface area contributed by atoms with Gasteiger partial charge in [0.25, 0.3) is 0 Å². The van der Waals surface area contributed by atoms with Crippen molar-refractivity contribution in [3.05, 3.63) is 64.9 Å². The predicted molar refractivity (Wildman–Crippen MR) is 117 cm³/mol. The van der Waals surface area contributed by atoms with Crippen LogP contribution in [-0.4, -0.2) is 30.3 Å². The van der Waals surface area contributed by atoms with Crippen molar-refractivity contribution >= 4 is 11.6 Å². The third-order valence-electron chi connectivity index (χ3n) is 5.84. The molecule has 0 bridgehead atoms. The number of rotatable bonds is 5. The van der Waals surface area contributed by atoms with E-state index in [1.807, 2.05) is 30.5 Å². The van der Waals surface area contributed by atoms with E-state index >= 15 is 0 Å². The Labute approximate surface area is 174 Å². The third-order valence-corrected chi connectivity index (χ3v) is 6.08. The predicted octanol–water partition coefficient (Wildman–Crippen LogP) is 5.78. The van der Waals surface area contributed by atoms with Crippen LogP contribution in [0.3, 0.4) is 0 Å². The Morgan fingerprint density at radius 2 is 2.04 bits per heavy atom. The van der Waals surface area contributed by atoms with Crippen LogP contribution in [0.15, 0.2) is 48.7 Å². The first-order valence-corrected chi connectivity index (χ1v) is 11.1. The summed E-state index contributed by atoms with van der Waals surface area (Å²) in [4.78, 5) is 4.50. The molecule has 3 nitrogen and oxygen atoms in total. The minimum absolute atomic E-state index is 0.209. The molecule has 0 radical (unpaired) electrons. The van der Waals surface area contributed by atoms with E-state index in [0.29, 0.717) is 5.92 Å². The van der Waals surface area contributed by atoms with Crippen LogP contribution in [0.4, 0.5) is 0 Å². The van der Waals surface area contributed by atoms with Crippen molar-refractivity contribution in [2.75, 3.05) is 19.7 Å². The monoisotopic (exact) mass is 400 g/mol. The average molecular weight is 401 g/mol. The molecule has 1 aromatic carbocycles. The summed E-state index contributed by atoms with van der Waals surface area (Å²) < 4.78 is 6.05. The number of hydrogen-bond donors (Lipinski definition) is 1. The molecule has 2 heterocycles. The Kier molecular flexibility index (Phi) is 8.32. The molecule has 4 rings (SSSR count). The number of nitrogens with zero attached hydrogens (tertiary/aromatic N) is 1. The van der Waals surface area contributed by atoms with Gasteiger partial charge in [-0.3, -0.25) is 4.98 Å². The molecular weight excluding hydrogens is 368 g/mol. The largest absolute Gasteiger partial charge is 0.375 e. The molecule has 1 saturated heterocycles. The first-order valence-electron chi connectivity index (χ1n) is 10.7. The second-order valence-electron chi connectivity index (χ2n) is 7.92. The van der Waals surface area contributed by atoms with Gasteiger partial charge in [-0.1, -0.05) is 49.6 Å². The van der Waals surface area contributed by atoms with E-state index in [2.05, 4.69) is 35.4 Å². The van der Waals surface area contributed by atoms with E-state index in [1.54, 1.807) is 0 Å². The van der Waals surface area contributed by atoms with E-state index in [4.69, 9.17) is 16.3 Å². The highest BCUT2D eigenvalue weighted by Gasteiger charge is 2.40. The number of hydrogen-bond acceptors (Lipinski definition) is 3. The third kappa shape index (κ3) is 6.30. The number of halogens is 1. The summed E-state index contributed by atoms with van der Waals surface area (Å²) in [7, 11) is 0. The van der Waals surface area contributed by atoms with Crippen LogP contribution >= 0.6 is 11.6 Å². The van der Waals surface area contributed by atoms with Crippen molar-refractivity contribution in [3.8, 4) is 0 Å². The number of nitrogens with one attached hydrogen (secondary N) is 1. The maximum atomic E-state index is 6.05. The van der Waals surface area contributed by atoms with E-state index < -0.39 is 0 Å². The highest BCUT2D eigenvalue weighted by molar-refractivity contribution is 6.30. The Morgan fingerprint density at radius 3 is 2.75 bits per heavy atom. The van der Waals surface area contributed by atoms with E-state index in [9.17, 15) is 0 Å². The van der Waals surface area contributed by atoms with Gasteiger partial charge in [-0.05, 0) is 75.0 Å². The second kappa shape index (κ2) is 10.9. The van der Waals surface area contributed by atoms with Crippen LogP contribution in [0.5, 0.6) is 0 Å². The van der Waals surface area contributed by atoms with Gasteiger partial charge in [0.1, 0.15) is 0 Å². The molecule has 2 fully saturated rings. The zero-order valence-corrected chi connectivity index (χ0v) is 17.8. The minimum atomic E-state index is 0.209. The lowest BCUT2D eigenvalue weighted by Crippen LogP contribution is -2.36. The van der Waals surface area contributed by atoms with Crippen molar-refractivity contribution < 1.29 is 4.74 Å². The second-order valence-corrected chi connectivity index (χ2v) is 8.35. The van der Waals surface area contributed by atoms with Crippen molar-refractivity contribution in [1.29, 1.82) is 0 Å². The van der Waals surface area contributed by atoms with Gasteiger partial charge >= 0.3 is 0 Å². The lowest BCUT2D eigenvalue weighted by atomic mass is 9.83. The smallest absolute Gasteiger partial charge is 0.0689 e. The highest BCUT2D eigenvalue weighted by atomic mass is 35.5. The number of likely N-dealkylation sites (N-methyl/N-ethyl adjacent to an activating group) is 1. The van der Waals surface area contributed by atoms with E-state index in [-0.39, 0.29) is 5.60 Å². The molecule has 1 aliphatic carbocycles. The van der Waals surface area contributed by atoms with Crippen molar-refractivity contribution in [2.45, 2.75) is 63.4 Å². The van der Waals surface area contributed by atoms with Gasteiger partial charge in [0.15, 0.2) is 0 Å². The van der Waals surface area contributed by atoms with E-state index in [0.717, 1.165) is 37.6 Å². The van der Waals surface area contributed by atoms with Crippen LogP contribution < -0.4 is 5.32 Å². The SMILES string of the molecule is CCNCCc1cccc(Cl)c1.c1ccc(C2CCOC3(CCCC3)C2)nc1. The highest BCUT2D eigenvalue weighted by Crippen LogP contribution is 2.44. The van der Waals surface area contributed by atoms with E-state index in [1.165, 1.54) is 43.4 Å². The average Bonchev–Trinajstić information content (AvgIpc) is 3.17. The fraction of sp³-hybridized carbons (Fsp3) is 0.542. The zero-order chi connectivity index (χ0) is 19.7. The molecule has 1 N–H and O–H groups in total. The fourth-order valence-corrected chi connectivity index (χ4v) is 4.58. The minimum Gasteiger partial charge on any atom is -0.375 e. The molecule has 1 saturated carbocycles. The Balaban J connectivity index is 0.000000169. The van der Waals surface area contributed by atoms with Gasteiger partial charge in [-0.15, -0.1) is 0 Å².